The van der Waals surface area contributed by atoms with Crippen LogP contribution in [-0.4, -0.2) is 55.4 Å². The minimum absolute atomic E-state index is 0.124. The topological polar surface area (TPSA) is 57.8 Å². The molecule has 1 spiro atoms. The Balaban J connectivity index is 1.44. The Labute approximate surface area is 171 Å². The number of likely N-dealkylation sites (tertiary alicyclic amines) is 1. The normalized spacial score (nSPS) is 22.8. The van der Waals surface area contributed by atoms with Crippen molar-refractivity contribution < 1.29 is 4.39 Å². The molecule has 1 unspecified atom stereocenters. The number of rotatable bonds is 3. The summed E-state index contributed by atoms with van der Waals surface area (Å²) in [5, 5.41) is 2.11. The number of aromatic nitrogens is 1. The van der Waals surface area contributed by atoms with Crippen LogP contribution in [0.3, 0.4) is 0 Å². The number of anilines is 2. The van der Waals surface area contributed by atoms with Crippen LogP contribution < -0.4 is 10.6 Å². The fourth-order valence-electron chi connectivity index (χ4n) is 4.22. The maximum absolute atomic E-state index is 14.2. The van der Waals surface area contributed by atoms with Gasteiger partial charge >= 0.3 is 0 Å². The average molecular weight is 416 g/mol. The summed E-state index contributed by atoms with van der Waals surface area (Å²) in [5.74, 6) is -0.432. The number of nitrogens with two attached hydrogens (primary N) is 1. The van der Waals surface area contributed by atoms with Gasteiger partial charge in [0.25, 0.3) is 0 Å². The second kappa shape index (κ2) is 6.50. The number of thiophene rings is 1. The minimum atomic E-state index is -0.432. The van der Waals surface area contributed by atoms with Gasteiger partial charge in [0.1, 0.15) is 15.7 Å². The number of hydrogen-bond donors (Lipinski definition) is 1. The van der Waals surface area contributed by atoms with E-state index in [0.717, 1.165) is 33.2 Å². The molecule has 2 saturated heterocycles. The Morgan fingerprint density at radius 2 is 2.07 bits per heavy atom. The van der Waals surface area contributed by atoms with E-state index in [9.17, 15) is 4.39 Å². The number of nitrogen functional groups attached to an aromatic ring is 1. The van der Waals surface area contributed by atoms with Gasteiger partial charge in [-0.05, 0) is 38.1 Å². The third-order valence-corrected chi connectivity index (χ3v) is 8.39. The van der Waals surface area contributed by atoms with E-state index >= 15 is 0 Å². The van der Waals surface area contributed by atoms with Crippen molar-refractivity contribution in [2.24, 2.45) is 4.99 Å². The fraction of sp³-hybridized carbons (Fsp3) is 0.400. The van der Waals surface area contributed by atoms with Crippen molar-refractivity contribution in [2.75, 3.05) is 44.4 Å². The van der Waals surface area contributed by atoms with Crippen molar-refractivity contribution in [1.29, 1.82) is 0 Å². The second-order valence-corrected chi connectivity index (χ2v) is 9.73. The smallest absolute Gasteiger partial charge is 0.147 e. The lowest BCUT2D eigenvalue weighted by atomic mass is 9.85. The molecule has 8 heteroatoms. The maximum Gasteiger partial charge on any atom is 0.147 e. The van der Waals surface area contributed by atoms with Crippen molar-refractivity contribution in [3.8, 4) is 10.6 Å². The number of likely N-dealkylation sites (N-methyl/N-ethyl adjacent to an activating group) is 1. The SMILES string of the molecule is CN=Cc1cc(-c2nc3sc(N4CCC5(CCN5C)C4)cc3s2)cc(F)c1N. The molecule has 0 amide bonds. The van der Waals surface area contributed by atoms with E-state index in [0.29, 0.717) is 11.1 Å². The molecular weight excluding hydrogens is 393 g/mol. The Morgan fingerprint density at radius 3 is 2.71 bits per heavy atom. The summed E-state index contributed by atoms with van der Waals surface area (Å²) >= 11 is 3.33. The van der Waals surface area contributed by atoms with E-state index < -0.39 is 5.82 Å². The highest BCUT2D eigenvalue weighted by Crippen LogP contribution is 2.44. The van der Waals surface area contributed by atoms with Gasteiger partial charge in [0, 0.05) is 49.6 Å². The number of benzene rings is 1. The van der Waals surface area contributed by atoms with E-state index in [4.69, 9.17) is 10.7 Å². The zero-order chi connectivity index (χ0) is 19.5. The molecule has 0 saturated carbocycles. The quantitative estimate of drug-likeness (QED) is 0.517. The molecule has 5 nitrogen and oxygen atoms in total. The van der Waals surface area contributed by atoms with Crippen LogP contribution in [0.2, 0.25) is 0 Å². The van der Waals surface area contributed by atoms with E-state index in [1.807, 2.05) is 6.07 Å². The zero-order valence-electron chi connectivity index (χ0n) is 15.9. The van der Waals surface area contributed by atoms with Crippen molar-refractivity contribution in [2.45, 2.75) is 18.4 Å². The molecule has 0 bridgehead atoms. The standard InChI is InChI=1S/C20H22FN5S2/c1-23-10-13-7-12(8-14(21)17(13)22)18-24-19-15(27-18)9-16(28-19)26-6-4-20(11-26)3-5-25(20)2/h7-10H,3-6,11,22H2,1-2H3. The fourth-order valence-corrected chi connectivity index (χ4v) is 6.45. The van der Waals surface area contributed by atoms with Gasteiger partial charge in [0.05, 0.1) is 15.4 Å². The van der Waals surface area contributed by atoms with Gasteiger partial charge in [-0.2, -0.15) is 0 Å². The summed E-state index contributed by atoms with van der Waals surface area (Å²) in [4.78, 5) is 14.7. The lowest BCUT2D eigenvalue weighted by Crippen LogP contribution is -2.59. The molecule has 28 heavy (non-hydrogen) atoms. The third kappa shape index (κ3) is 2.74. The number of halogens is 1. The first-order valence-corrected chi connectivity index (χ1v) is 11.0. The maximum atomic E-state index is 14.2. The van der Waals surface area contributed by atoms with Crippen LogP contribution in [0.15, 0.2) is 23.2 Å². The van der Waals surface area contributed by atoms with Crippen molar-refractivity contribution in [3.63, 3.8) is 0 Å². The van der Waals surface area contributed by atoms with Gasteiger partial charge in [0.2, 0.25) is 0 Å². The van der Waals surface area contributed by atoms with Gasteiger partial charge in [0.15, 0.2) is 0 Å². The Morgan fingerprint density at radius 1 is 1.25 bits per heavy atom. The molecule has 5 rings (SSSR count). The first kappa shape index (κ1) is 18.0. The number of hydrogen-bond acceptors (Lipinski definition) is 7. The summed E-state index contributed by atoms with van der Waals surface area (Å²) in [5.41, 5.74) is 7.66. The highest BCUT2D eigenvalue weighted by Gasteiger charge is 2.47. The molecule has 2 N–H and O–H groups in total. The second-order valence-electron chi connectivity index (χ2n) is 7.69. The van der Waals surface area contributed by atoms with Crippen LogP contribution in [0.4, 0.5) is 15.1 Å². The molecule has 4 heterocycles. The summed E-state index contributed by atoms with van der Waals surface area (Å²) < 4.78 is 15.4. The highest BCUT2D eigenvalue weighted by atomic mass is 32.1. The summed E-state index contributed by atoms with van der Waals surface area (Å²) in [7, 11) is 3.88. The lowest BCUT2D eigenvalue weighted by Gasteiger charge is -2.48. The zero-order valence-corrected chi connectivity index (χ0v) is 17.5. The molecule has 3 aromatic rings. The first-order valence-electron chi connectivity index (χ1n) is 9.37. The molecule has 2 aliphatic heterocycles. The third-order valence-electron chi connectivity index (χ3n) is 6.12. The monoisotopic (exact) mass is 415 g/mol. The van der Waals surface area contributed by atoms with Crippen LogP contribution in [0.1, 0.15) is 18.4 Å². The summed E-state index contributed by atoms with van der Waals surface area (Å²) in [6, 6.07) is 5.55. The van der Waals surface area contributed by atoms with E-state index in [1.54, 1.807) is 35.9 Å². The van der Waals surface area contributed by atoms with Gasteiger partial charge in [-0.3, -0.25) is 9.89 Å². The molecular formula is C20H22FN5S2. The predicted octanol–water partition coefficient (Wildman–Crippen LogP) is 4.08. The van der Waals surface area contributed by atoms with Crippen LogP contribution in [0.25, 0.3) is 20.1 Å². The van der Waals surface area contributed by atoms with E-state index in [2.05, 4.69) is 27.9 Å². The number of fused-ring (bicyclic) bond motifs is 1. The summed E-state index contributed by atoms with van der Waals surface area (Å²) in [6.45, 7) is 3.42. The number of aliphatic imine (C=N–C) groups is 1. The molecule has 2 aromatic heterocycles. The van der Waals surface area contributed by atoms with Crippen molar-refractivity contribution >= 4 is 49.1 Å². The van der Waals surface area contributed by atoms with Crippen LogP contribution in [0.5, 0.6) is 0 Å². The minimum Gasteiger partial charge on any atom is -0.396 e. The lowest BCUT2D eigenvalue weighted by molar-refractivity contribution is 0.0307. The molecule has 146 valence electrons. The largest absolute Gasteiger partial charge is 0.396 e. The summed E-state index contributed by atoms with van der Waals surface area (Å²) in [6.07, 6.45) is 4.12. The first-order chi connectivity index (χ1) is 13.5. The number of nitrogens with zero attached hydrogens (tertiary/aromatic N) is 4. The molecule has 0 aliphatic carbocycles. The van der Waals surface area contributed by atoms with E-state index in [-0.39, 0.29) is 5.69 Å². The Kier molecular flexibility index (Phi) is 4.19. The Hall–Kier alpha value is -2.03. The predicted molar refractivity (Wildman–Crippen MR) is 118 cm³/mol. The van der Waals surface area contributed by atoms with Gasteiger partial charge in [-0.25, -0.2) is 9.37 Å². The van der Waals surface area contributed by atoms with Gasteiger partial charge in [-0.15, -0.1) is 11.3 Å². The average Bonchev–Trinajstić information content (AvgIpc) is 3.37. The van der Waals surface area contributed by atoms with Crippen LogP contribution >= 0.6 is 22.7 Å². The van der Waals surface area contributed by atoms with E-state index in [1.165, 1.54) is 30.5 Å². The van der Waals surface area contributed by atoms with Crippen molar-refractivity contribution in [3.05, 3.63) is 29.6 Å². The molecule has 2 fully saturated rings. The molecule has 2 aliphatic rings. The van der Waals surface area contributed by atoms with Gasteiger partial charge < -0.3 is 10.6 Å². The van der Waals surface area contributed by atoms with Crippen molar-refractivity contribution in [1.82, 2.24) is 9.88 Å². The highest BCUT2D eigenvalue weighted by molar-refractivity contribution is 7.30. The molecule has 1 atom stereocenters. The van der Waals surface area contributed by atoms with Crippen LogP contribution in [-0.2, 0) is 0 Å². The van der Waals surface area contributed by atoms with Gasteiger partial charge in [-0.1, -0.05) is 11.3 Å². The molecule has 0 radical (unpaired) electrons. The molecule has 1 aromatic carbocycles. The Bertz CT molecular complexity index is 1060. The number of thiazole rings is 1. The van der Waals surface area contributed by atoms with Crippen LogP contribution in [0, 0.1) is 5.82 Å².